The van der Waals surface area contributed by atoms with Crippen molar-refractivity contribution in [1.29, 1.82) is 0 Å². The monoisotopic (exact) mass is 645 g/mol. The number of H-pyrrole nitrogens is 1. The Balaban J connectivity index is 1.67. The second-order valence-corrected chi connectivity index (χ2v) is 12.9. The molecule has 2 aromatic carbocycles. The summed E-state index contributed by atoms with van der Waals surface area (Å²) in [6.07, 6.45) is 2.61. The first kappa shape index (κ1) is 33.7. The van der Waals surface area contributed by atoms with Crippen molar-refractivity contribution in [3.05, 3.63) is 69.1 Å². The van der Waals surface area contributed by atoms with Crippen LogP contribution in [0.15, 0.2) is 36.4 Å². The third-order valence-corrected chi connectivity index (χ3v) is 9.63. The first-order valence-electron chi connectivity index (χ1n) is 15.3. The second-order valence-electron chi connectivity index (χ2n) is 12.0. The van der Waals surface area contributed by atoms with Gasteiger partial charge in [-0.15, -0.1) is 0 Å². The highest BCUT2D eigenvalue weighted by atomic mass is 35.5. The van der Waals surface area contributed by atoms with Crippen molar-refractivity contribution >= 4 is 51.8 Å². The summed E-state index contributed by atoms with van der Waals surface area (Å²) in [5, 5.41) is 11.0. The fraction of sp³-hybridized carbons (Fsp3) is 0.485. The van der Waals surface area contributed by atoms with Gasteiger partial charge in [0.2, 0.25) is 17.7 Å². The highest BCUT2D eigenvalue weighted by molar-refractivity contribution is 6.38. The van der Waals surface area contributed by atoms with Gasteiger partial charge in [0, 0.05) is 29.1 Å². The number of aromatic nitrogens is 1. The Morgan fingerprint density at radius 3 is 2.41 bits per heavy atom. The van der Waals surface area contributed by atoms with Crippen LogP contribution in [-0.2, 0) is 33.6 Å². The summed E-state index contributed by atoms with van der Waals surface area (Å²) in [6.45, 7) is 8.08. The fourth-order valence-corrected chi connectivity index (χ4v) is 6.54. The van der Waals surface area contributed by atoms with Gasteiger partial charge in [0.05, 0.1) is 16.6 Å². The summed E-state index contributed by atoms with van der Waals surface area (Å²) < 4.78 is 14.2. The number of hydrogen-bond donors (Lipinski definition) is 5. The topological polar surface area (TPSA) is 129 Å². The Labute approximate surface area is 268 Å². The van der Waals surface area contributed by atoms with Crippen LogP contribution in [-0.4, -0.2) is 46.9 Å². The van der Waals surface area contributed by atoms with Crippen molar-refractivity contribution in [2.75, 3.05) is 6.54 Å². The molecule has 0 spiro atoms. The number of benzene rings is 2. The number of aromatic amines is 1. The Morgan fingerprint density at radius 1 is 1.07 bits per heavy atom. The van der Waals surface area contributed by atoms with Gasteiger partial charge in [-0.1, -0.05) is 81.9 Å². The van der Waals surface area contributed by atoms with Crippen LogP contribution in [0.25, 0.3) is 10.9 Å². The van der Waals surface area contributed by atoms with E-state index in [2.05, 4.69) is 20.9 Å². The lowest BCUT2D eigenvalue weighted by Crippen LogP contribution is -2.67. The Hall–Kier alpha value is -3.14. The lowest BCUT2D eigenvalue weighted by atomic mass is 9.78. The number of rotatable bonds is 13. The highest BCUT2D eigenvalue weighted by Gasteiger charge is 2.46. The number of halogens is 3. The molecule has 1 aromatic heterocycles. The fourth-order valence-electron chi connectivity index (χ4n) is 6.00. The molecule has 0 fully saturated rings. The van der Waals surface area contributed by atoms with Gasteiger partial charge in [-0.05, 0) is 60.4 Å². The minimum absolute atomic E-state index is 0.0842. The van der Waals surface area contributed by atoms with Crippen molar-refractivity contribution in [1.82, 2.24) is 20.9 Å². The van der Waals surface area contributed by atoms with Gasteiger partial charge < -0.3 is 26.7 Å². The molecule has 3 aromatic rings. The first-order chi connectivity index (χ1) is 20.9. The molecule has 1 heterocycles. The zero-order valence-electron chi connectivity index (χ0n) is 25.7. The van der Waals surface area contributed by atoms with Gasteiger partial charge in [-0.25, -0.2) is 4.39 Å². The van der Waals surface area contributed by atoms with E-state index in [1.165, 1.54) is 6.07 Å². The summed E-state index contributed by atoms with van der Waals surface area (Å²) in [6, 6.07) is 8.46. The third-order valence-electron chi connectivity index (χ3n) is 9.12. The van der Waals surface area contributed by atoms with E-state index in [1.807, 2.05) is 27.7 Å². The van der Waals surface area contributed by atoms with Gasteiger partial charge in [0.1, 0.15) is 17.4 Å². The molecule has 0 bridgehead atoms. The molecule has 4 rings (SSSR count). The molecule has 0 saturated carbocycles. The Kier molecular flexibility index (Phi) is 11.0. The van der Waals surface area contributed by atoms with Crippen LogP contribution in [0.3, 0.4) is 0 Å². The number of amides is 3. The molecule has 238 valence electrons. The number of carbonyl (C=O) groups excluding carboxylic acids is 3. The predicted octanol–water partition coefficient (Wildman–Crippen LogP) is 5.22. The SMILES string of the molecule is CCC(C)[C@H](NCCc1ccccc1F)C(=O)N[C@]1(C(=O)NC(C(N)=O)[C@@H](C)CC)CCc2[nH]c3c(Cl)cc(Cl)cc3c2C1. The quantitative estimate of drug-likeness (QED) is 0.174. The molecule has 1 aliphatic carbocycles. The number of carbonyl (C=O) groups is 3. The van der Waals surface area contributed by atoms with Crippen molar-refractivity contribution in [2.24, 2.45) is 17.6 Å². The molecule has 3 amide bonds. The highest BCUT2D eigenvalue weighted by Crippen LogP contribution is 2.38. The maximum Gasteiger partial charge on any atom is 0.246 e. The molecule has 0 saturated heterocycles. The number of nitrogens with one attached hydrogen (secondary N) is 4. The van der Waals surface area contributed by atoms with E-state index in [4.69, 9.17) is 28.9 Å². The van der Waals surface area contributed by atoms with Crippen LogP contribution in [0, 0.1) is 17.7 Å². The molecule has 8 nitrogen and oxygen atoms in total. The van der Waals surface area contributed by atoms with Crippen LogP contribution in [0.5, 0.6) is 0 Å². The molecular weight excluding hydrogens is 604 g/mol. The number of aryl methyl sites for hydroxylation is 1. The number of fused-ring (bicyclic) bond motifs is 3. The van der Waals surface area contributed by atoms with Crippen LogP contribution in [0.4, 0.5) is 4.39 Å². The zero-order chi connectivity index (χ0) is 32.2. The van der Waals surface area contributed by atoms with Gasteiger partial charge >= 0.3 is 0 Å². The minimum Gasteiger partial charge on any atom is -0.368 e. The van der Waals surface area contributed by atoms with Gasteiger partial charge in [0.15, 0.2) is 0 Å². The largest absolute Gasteiger partial charge is 0.368 e. The number of primary amides is 1. The molecule has 5 atom stereocenters. The van der Waals surface area contributed by atoms with Crippen LogP contribution < -0.4 is 21.7 Å². The van der Waals surface area contributed by atoms with E-state index in [0.717, 1.165) is 16.6 Å². The van der Waals surface area contributed by atoms with Crippen molar-refractivity contribution in [2.45, 2.75) is 83.8 Å². The summed E-state index contributed by atoms with van der Waals surface area (Å²) >= 11 is 12.9. The summed E-state index contributed by atoms with van der Waals surface area (Å²) in [5.41, 5.74) is 7.34. The van der Waals surface area contributed by atoms with Crippen molar-refractivity contribution < 1.29 is 18.8 Å². The Bertz CT molecular complexity index is 1530. The molecule has 6 N–H and O–H groups in total. The van der Waals surface area contributed by atoms with Gasteiger partial charge in [-0.3, -0.25) is 14.4 Å². The molecule has 0 radical (unpaired) electrons. The van der Waals surface area contributed by atoms with E-state index < -0.39 is 29.4 Å². The number of nitrogens with two attached hydrogens (primary N) is 1. The van der Waals surface area contributed by atoms with Crippen LogP contribution >= 0.6 is 23.2 Å². The molecule has 2 unspecified atom stereocenters. The molecule has 11 heteroatoms. The lowest BCUT2D eigenvalue weighted by Gasteiger charge is -2.39. The maximum atomic E-state index is 14.2. The maximum absolute atomic E-state index is 14.2. The lowest BCUT2D eigenvalue weighted by molar-refractivity contribution is -0.137. The molecular formula is C33H42Cl2FN5O3. The average Bonchev–Trinajstić information content (AvgIpc) is 3.35. The zero-order valence-corrected chi connectivity index (χ0v) is 27.2. The van der Waals surface area contributed by atoms with E-state index in [-0.39, 0.29) is 36.4 Å². The van der Waals surface area contributed by atoms with E-state index in [9.17, 15) is 18.8 Å². The average molecular weight is 647 g/mol. The standard InChI is InChI=1S/C33H42Cl2FN5O3/c1-5-18(3)27(30(37)42)40-32(44)33(13-11-26-23(17-33)22-15-21(34)16-24(35)29(22)39-26)41-31(43)28(19(4)6-2)38-14-12-20-9-7-8-10-25(20)36/h7-10,15-16,18-19,27-28,38-39H,5-6,11-14,17H2,1-4H3,(H2,37,42)(H,40,44)(H,41,43)/t18-,19?,27?,28-,33+/m0/s1. The first-order valence-corrected chi connectivity index (χ1v) is 16.0. The van der Waals surface area contributed by atoms with E-state index >= 15 is 0 Å². The minimum atomic E-state index is -1.38. The van der Waals surface area contributed by atoms with Crippen LogP contribution in [0.1, 0.15) is 63.8 Å². The van der Waals surface area contributed by atoms with Gasteiger partial charge in [0.25, 0.3) is 0 Å². The summed E-state index contributed by atoms with van der Waals surface area (Å²) in [5.74, 6) is -2.04. The summed E-state index contributed by atoms with van der Waals surface area (Å²) in [7, 11) is 0. The molecule has 1 aliphatic rings. The molecule has 44 heavy (non-hydrogen) atoms. The third kappa shape index (κ3) is 7.22. The summed E-state index contributed by atoms with van der Waals surface area (Å²) in [4.78, 5) is 44.1. The van der Waals surface area contributed by atoms with Crippen molar-refractivity contribution in [3.8, 4) is 0 Å². The normalized spacial score (nSPS) is 19.1. The van der Waals surface area contributed by atoms with Crippen LogP contribution in [0.2, 0.25) is 10.0 Å². The second kappa shape index (κ2) is 14.3. The van der Waals surface area contributed by atoms with E-state index in [0.29, 0.717) is 53.4 Å². The Morgan fingerprint density at radius 2 is 1.75 bits per heavy atom. The van der Waals surface area contributed by atoms with Crippen molar-refractivity contribution in [3.63, 3.8) is 0 Å². The smallest absolute Gasteiger partial charge is 0.246 e. The van der Waals surface area contributed by atoms with E-state index in [1.54, 1.807) is 30.3 Å². The predicted molar refractivity (Wildman–Crippen MR) is 173 cm³/mol. The molecule has 0 aliphatic heterocycles. The number of hydrogen-bond acceptors (Lipinski definition) is 4. The van der Waals surface area contributed by atoms with Gasteiger partial charge in [-0.2, -0.15) is 0 Å².